The fourth-order valence-electron chi connectivity index (χ4n) is 2.89. The number of methoxy groups -OCH3 is 1. The van der Waals surface area contributed by atoms with Gasteiger partial charge in [-0.3, -0.25) is 14.8 Å². The predicted molar refractivity (Wildman–Crippen MR) is 119 cm³/mol. The SMILES string of the molecule is CNC(=O)c1nnc(NC(=O)NC(C)C)cc1Nc1cccc(-c2ncn(C)n2)c1OC. The highest BCUT2D eigenvalue weighted by Crippen LogP contribution is 2.37. The van der Waals surface area contributed by atoms with Crippen molar-refractivity contribution in [2.75, 3.05) is 24.8 Å². The van der Waals surface area contributed by atoms with E-state index in [9.17, 15) is 9.59 Å². The van der Waals surface area contributed by atoms with Gasteiger partial charge in [-0.25, -0.2) is 9.78 Å². The van der Waals surface area contributed by atoms with Crippen molar-refractivity contribution in [3.63, 3.8) is 0 Å². The Morgan fingerprint density at radius 1 is 1.16 bits per heavy atom. The molecule has 2 aromatic heterocycles. The van der Waals surface area contributed by atoms with Crippen molar-refractivity contribution in [1.29, 1.82) is 0 Å². The number of hydrogen-bond donors (Lipinski definition) is 4. The van der Waals surface area contributed by atoms with Gasteiger partial charge in [0, 0.05) is 26.2 Å². The second kappa shape index (κ2) is 9.73. The minimum Gasteiger partial charge on any atom is -0.494 e. The summed E-state index contributed by atoms with van der Waals surface area (Å²) in [7, 11) is 4.79. The number of ether oxygens (including phenoxy) is 1. The Morgan fingerprint density at radius 3 is 2.56 bits per heavy atom. The molecule has 12 heteroatoms. The maximum atomic E-state index is 12.3. The van der Waals surface area contributed by atoms with Crippen LogP contribution in [0.4, 0.5) is 22.0 Å². The molecule has 0 fully saturated rings. The Morgan fingerprint density at radius 2 is 1.94 bits per heavy atom. The van der Waals surface area contributed by atoms with E-state index in [4.69, 9.17) is 4.74 Å². The summed E-state index contributed by atoms with van der Waals surface area (Å²) in [6.07, 6.45) is 1.59. The first-order valence-corrected chi connectivity index (χ1v) is 9.79. The number of carbonyl (C=O) groups excluding carboxylic acids is 2. The highest BCUT2D eigenvalue weighted by atomic mass is 16.5. The van der Waals surface area contributed by atoms with Crippen LogP contribution in [0.2, 0.25) is 0 Å². The quantitative estimate of drug-likeness (QED) is 0.436. The summed E-state index contributed by atoms with van der Waals surface area (Å²) in [5.74, 6) is 0.685. The van der Waals surface area contributed by atoms with Crippen molar-refractivity contribution in [3.8, 4) is 17.1 Å². The molecule has 0 aliphatic carbocycles. The minimum absolute atomic E-state index is 0.0470. The molecule has 3 aromatic rings. The van der Waals surface area contributed by atoms with E-state index in [2.05, 4.69) is 41.5 Å². The molecule has 0 unspecified atom stereocenters. The van der Waals surface area contributed by atoms with Crippen LogP contribution in [-0.4, -0.2) is 57.1 Å². The molecule has 2 heterocycles. The normalized spacial score (nSPS) is 10.6. The van der Waals surface area contributed by atoms with Crippen LogP contribution in [0.1, 0.15) is 24.3 Å². The van der Waals surface area contributed by atoms with Crippen LogP contribution in [0.15, 0.2) is 30.6 Å². The third kappa shape index (κ3) is 5.09. The van der Waals surface area contributed by atoms with E-state index in [1.165, 1.54) is 20.2 Å². The van der Waals surface area contributed by atoms with Crippen molar-refractivity contribution in [3.05, 3.63) is 36.3 Å². The zero-order valence-corrected chi connectivity index (χ0v) is 18.4. The Labute approximate surface area is 184 Å². The van der Waals surface area contributed by atoms with Gasteiger partial charge in [0.15, 0.2) is 23.1 Å². The first-order valence-electron chi connectivity index (χ1n) is 9.79. The third-order valence-corrected chi connectivity index (χ3v) is 4.23. The van der Waals surface area contributed by atoms with Crippen LogP contribution < -0.4 is 26.0 Å². The molecule has 0 saturated carbocycles. The third-order valence-electron chi connectivity index (χ3n) is 4.23. The second-order valence-corrected chi connectivity index (χ2v) is 7.08. The monoisotopic (exact) mass is 439 g/mol. The maximum absolute atomic E-state index is 12.3. The van der Waals surface area contributed by atoms with Gasteiger partial charge in [-0.2, -0.15) is 5.10 Å². The molecule has 32 heavy (non-hydrogen) atoms. The summed E-state index contributed by atoms with van der Waals surface area (Å²) in [6.45, 7) is 3.67. The fraction of sp³-hybridized carbons (Fsp3) is 0.300. The number of carbonyl (C=O) groups is 2. The van der Waals surface area contributed by atoms with Crippen molar-refractivity contribution in [1.82, 2.24) is 35.6 Å². The van der Waals surface area contributed by atoms with Crippen LogP contribution in [-0.2, 0) is 7.05 Å². The molecule has 0 atom stereocenters. The molecule has 0 aliphatic heterocycles. The summed E-state index contributed by atoms with van der Waals surface area (Å²) in [4.78, 5) is 28.7. The Hall–Kier alpha value is -4.22. The lowest BCUT2D eigenvalue weighted by Crippen LogP contribution is -2.34. The maximum Gasteiger partial charge on any atom is 0.320 e. The molecule has 0 saturated heterocycles. The zero-order valence-electron chi connectivity index (χ0n) is 18.4. The van der Waals surface area contributed by atoms with E-state index in [1.54, 1.807) is 30.2 Å². The minimum atomic E-state index is -0.445. The van der Waals surface area contributed by atoms with E-state index in [0.29, 0.717) is 28.5 Å². The topological polar surface area (TPSA) is 148 Å². The van der Waals surface area contributed by atoms with E-state index >= 15 is 0 Å². The number of nitrogens with one attached hydrogen (secondary N) is 4. The number of anilines is 3. The molecular formula is C20H25N9O3. The van der Waals surface area contributed by atoms with Crippen LogP contribution in [0.25, 0.3) is 11.4 Å². The van der Waals surface area contributed by atoms with E-state index in [1.807, 2.05) is 19.9 Å². The lowest BCUT2D eigenvalue weighted by molar-refractivity contribution is 0.0958. The van der Waals surface area contributed by atoms with Crippen molar-refractivity contribution in [2.45, 2.75) is 19.9 Å². The van der Waals surface area contributed by atoms with Crippen LogP contribution >= 0.6 is 0 Å². The van der Waals surface area contributed by atoms with E-state index in [0.717, 1.165) is 0 Å². The number of rotatable bonds is 7. The molecule has 0 radical (unpaired) electrons. The highest BCUT2D eigenvalue weighted by molar-refractivity contribution is 5.99. The van der Waals surface area contributed by atoms with E-state index in [-0.39, 0.29) is 17.6 Å². The van der Waals surface area contributed by atoms with Gasteiger partial charge in [0.2, 0.25) is 0 Å². The summed E-state index contributed by atoms with van der Waals surface area (Å²) in [5, 5.41) is 23.2. The van der Waals surface area contributed by atoms with Crippen molar-refractivity contribution >= 4 is 29.1 Å². The Balaban J connectivity index is 2.00. The fourth-order valence-corrected chi connectivity index (χ4v) is 2.89. The van der Waals surface area contributed by atoms with E-state index < -0.39 is 11.9 Å². The van der Waals surface area contributed by atoms with Crippen molar-refractivity contribution in [2.24, 2.45) is 7.05 Å². The van der Waals surface area contributed by atoms with Gasteiger partial charge in [0.25, 0.3) is 5.91 Å². The molecule has 0 bridgehead atoms. The first-order chi connectivity index (χ1) is 15.3. The molecule has 3 rings (SSSR count). The molecule has 0 spiro atoms. The van der Waals surface area contributed by atoms with Gasteiger partial charge in [-0.1, -0.05) is 6.07 Å². The second-order valence-electron chi connectivity index (χ2n) is 7.08. The van der Waals surface area contributed by atoms with Gasteiger partial charge in [-0.15, -0.1) is 10.2 Å². The van der Waals surface area contributed by atoms with Crippen LogP contribution in [0.5, 0.6) is 5.75 Å². The zero-order chi connectivity index (χ0) is 23.3. The molecule has 168 valence electrons. The lowest BCUT2D eigenvalue weighted by Gasteiger charge is -2.16. The molecule has 4 N–H and O–H groups in total. The number of hydrogen-bond acceptors (Lipinski definition) is 8. The van der Waals surface area contributed by atoms with Crippen LogP contribution in [0, 0.1) is 0 Å². The van der Waals surface area contributed by atoms with Gasteiger partial charge in [0.1, 0.15) is 6.33 Å². The average Bonchev–Trinajstić information content (AvgIpc) is 3.18. The number of aryl methyl sites for hydroxylation is 1. The molecular weight excluding hydrogens is 414 g/mol. The smallest absolute Gasteiger partial charge is 0.320 e. The van der Waals surface area contributed by atoms with Gasteiger partial charge in [-0.05, 0) is 26.0 Å². The standard InChI is InChI=1S/C20H25N9O3/c1-11(2)23-20(31)25-15-9-14(16(27-26-15)19(30)21-3)24-13-8-6-7-12(17(13)32-5)18-22-10-29(4)28-18/h6-11H,1-5H3,(H,21,30)(H3,23,24,25,26,31). The number of para-hydroxylation sites is 1. The first kappa shape index (κ1) is 22.5. The van der Waals surface area contributed by atoms with Gasteiger partial charge >= 0.3 is 6.03 Å². The van der Waals surface area contributed by atoms with Gasteiger partial charge < -0.3 is 20.7 Å². The number of benzene rings is 1. The molecule has 3 amide bonds. The Kier molecular flexibility index (Phi) is 6.83. The average molecular weight is 439 g/mol. The predicted octanol–water partition coefficient (Wildman–Crippen LogP) is 1.91. The van der Waals surface area contributed by atoms with Gasteiger partial charge in [0.05, 0.1) is 24.0 Å². The largest absolute Gasteiger partial charge is 0.494 e. The lowest BCUT2D eigenvalue weighted by atomic mass is 10.1. The molecule has 0 aliphatic rings. The van der Waals surface area contributed by atoms with Crippen LogP contribution in [0.3, 0.4) is 0 Å². The Bertz CT molecular complexity index is 1130. The highest BCUT2D eigenvalue weighted by Gasteiger charge is 2.19. The summed E-state index contributed by atoms with van der Waals surface area (Å²) in [5.41, 5.74) is 1.58. The molecule has 1 aromatic carbocycles. The number of urea groups is 1. The molecule has 12 nitrogen and oxygen atoms in total. The number of aromatic nitrogens is 5. The number of nitrogens with zero attached hydrogens (tertiary/aromatic N) is 5. The number of amides is 3. The summed E-state index contributed by atoms with van der Waals surface area (Å²) >= 11 is 0. The van der Waals surface area contributed by atoms with Crippen molar-refractivity contribution < 1.29 is 14.3 Å². The summed E-state index contributed by atoms with van der Waals surface area (Å²) in [6, 6.07) is 6.43. The summed E-state index contributed by atoms with van der Waals surface area (Å²) < 4.78 is 7.20.